The highest BCUT2D eigenvalue weighted by Crippen LogP contribution is 2.33. The van der Waals surface area contributed by atoms with Gasteiger partial charge in [-0.2, -0.15) is 5.10 Å². The molecule has 0 bridgehead atoms. The third-order valence-corrected chi connectivity index (χ3v) is 5.23. The average molecular weight is 340 g/mol. The fraction of sp³-hybridized carbons (Fsp3) is 0.385. The number of alkyl halides is 1. The molecule has 1 amide bonds. The highest BCUT2D eigenvalue weighted by atomic mass is 79.9. The predicted octanol–water partition coefficient (Wildman–Crippen LogP) is 3.19. The van der Waals surface area contributed by atoms with Crippen LogP contribution in [0.1, 0.15) is 12.0 Å². The molecule has 1 saturated heterocycles. The Hall–Kier alpha value is -1.14. The van der Waals surface area contributed by atoms with E-state index in [0.717, 1.165) is 33.8 Å². The molecule has 0 radical (unpaired) electrons. The molecule has 1 aliphatic heterocycles. The van der Waals surface area contributed by atoms with Crippen LogP contribution in [0.2, 0.25) is 0 Å². The monoisotopic (exact) mass is 339 g/mol. The second-order valence-corrected chi connectivity index (χ2v) is 6.35. The number of halogens is 1. The molecule has 6 heteroatoms. The number of H-pyrrole nitrogens is 1. The number of nitrogens with zero attached hydrogens (tertiary/aromatic N) is 2. The lowest BCUT2D eigenvalue weighted by molar-refractivity contribution is -0.117. The molecule has 0 aliphatic carbocycles. The van der Waals surface area contributed by atoms with E-state index in [-0.39, 0.29) is 5.91 Å². The van der Waals surface area contributed by atoms with Crippen molar-refractivity contribution in [1.82, 2.24) is 10.2 Å². The molecule has 4 nitrogen and oxygen atoms in total. The van der Waals surface area contributed by atoms with Crippen molar-refractivity contribution in [2.45, 2.75) is 13.3 Å². The minimum atomic E-state index is 0.164. The van der Waals surface area contributed by atoms with Crippen molar-refractivity contribution >= 4 is 39.0 Å². The van der Waals surface area contributed by atoms with Gasteiger partial charge in [-0.3, -0.25) is 14.8 Å². The molecule has 2 aromatic heterocycles. The van der Waals surface area contributed by atoms with Crippen LogP contribution in [0.4, 0.5) is 5.82 Å². The summed E-state index contributed by atoms with van der Waals surface area (Å²) in [4.78, 5) is 15.0. The summed E-state index contributed by atoms with van der Waals surface area (Å²) in [5.74, 6) is 1.32. The quantitative estimate of drug-likeness (QED) is 0.873. The number of hydrogen-bond acceptors (Lipinski definition) is 3. The standard InChI is InChI=1S/C13H14BrN3OS/c1-8-12(10-3-2-4-19-10)15-16-13(8)17-7-9(6-14)5-11(17)18/h2-4,9H,5-7H2,1H3,(H,15,16). The van der Waals surface area contributed by atoms with Crippen molar-refractivity contribution < 1.29 is 4.79 Å². The summed E-state index contributed by atoms with van der Waals surface area (Å²) in [5, 5.41) is 10.3. The van der Waals surface area contributed by atoms with E-state index >= 15 is 0 Å². The lowest BCUT2D eigenvalue weighted by atomic mass is 10.2. The van der Waals surface area contributed by atoms with Crippen LogP contribution in [0.3, 0.4) is 0 Å². The fourth-order valence-electron chi connectivity index (χ4n) is 2.40. The lowest BCUT2D eigenvalue weighted by Gasteiger charge is -2.14. The Balaban J connectivity index is 1.93. The van der Waals surface area contributed by atoms with Crippen molar-refractivity contribution in [2.24, 2.45) is 5.92 Å². The molecule has 1 fully saturated rings. The first-order valence-electron chi connectivity index (χ1n) is 6.16. The Labute approximate surface area is 123 Å². The summed E-state index contributed by atoms with van der Waals surface area (Å²) >= 11 is 5.12. The second kappa shape index (κ2) is 5.09. The van der Waals surface area contributed by atoms with Gasteiger partial charge in [-0.15, -0.1) is 11.3 Å². The van der Waals surface area contributed by atoms with E-state index in [0.29, 0.717) is 12.3 Å². The van der Waals surface area contributed by atoms with Crippen LogP contribution in [0.25, 0.3) is 10.6 Å². The van der Waals surface area contributed by atoms with Gasteiger partial charge in [0.2, 0.25) is 5.91 Å². The van der Waals surface area contributed by atoms with Gasteiger partial charge in [0.1, 0.15) is 0 Å². The van der Waals surface area contributed by atoms with Crippen LogP contribution < -0.4 is 4.90 Å². The van der Waals surface area contributed by atoms with E-state index in [1.807, 2.05) is 18.4 Å². The maximum Gasteiger partial charge on any atom is 0.228 e. The van der Waals surface area contributed by atoms with Crippen molar-refractivity contribution in [3.8, 4) is 10.6 Å². The Bertz CT molecular complexity index is 593. The van der Waals surface area contributed by atoms with Gasteiger partial charge < -0.3 is 0 Å². The fourth-order valence-corrected chi connectivity index (χ4v) is 3.61. The van der Waals surface area contributed by atoms with Crippen LogP contribution in [0.15, 0.2) is 17.5 Å². The summed E-state index contributed by atoms with van der Waals surface area (Å²) in [7, 11) is 0. The average Bonchev–Trinajstić information content (AvgIpc) is 3.09. The Morgan fingerprint density at radius 3 is 3.11 bits per heavy atom. The van der Waals surface area contributed by atoms with Crippen LogP contribution in [-0.2, 0) is 4.79 Å². The van der Waals surface area contributed by atoms with E-state index in [2.05, 4.69) is 32.2 Å². The predicted molar refractivity (Wildman–Crippen MR) is 80.9 cm³/mol. The normalized spacial score (nSPS) is 19.4. The Kier molecular flexibility index (Phi) is 3.45. The molecular weight excluding hydrogens is 326 g/mol. The van der Waals surface area contributed by atoms with Crippen LogP contribution >= 0.6 is 27.3 Å². The van der Waals surface area contributed by atoms with Crippen LogP contribution in [-0.4, -0.2) is 28.0 Å². The number of hydrogen-bond donors (Lipinski definition) is 1. The van der Waals surface area contributed by atoms with Crippen LogP contribution in [0.5, 0.6) is 0 Å². The van der Waals surface area contributed by atoms with Crippen LogP contribution in [0, 0.1) is 12.8 Å². The zero-order valence-electron chi connectivity index (χ0n) is 10.5. The first-order valence-corrected chi connectivity index (χ1v) is 8.16. The van der Waals surface area contributed by atoms with E-state index in [1.54, 1.807) is 16.2 Å². The van der Waals surface area contributed by atoms with E-state index in [4.69, 9.17) is 0 Å². The smallest absolute Gasteiger partial charge is 0.228 e. The van der Waals surface area contributed by atoms with E-state index < -0.39 is 0 Å². The first-order chi connectivity index (χ1) is 9.20. The maximum absolute atomic E-state index is 12.0. The molecule has 0 aromatic carbocycles. The lowest BCUT2D eigenvalue weighted by Crippen LogP contribution is -2.25. The van der Waals surface area contributed by atoms with Gasteiger partial charge in [-0.25, -0.2) is 0 Å². The molecule has 100 valence electrons. The molecule has 0 saturated carbocycles. The highest BCUT2D eigenvalue weighted by molar-refractivity contribution is 9.09. The SMILES string of the molecule is Cc1c(N2CC(CBr)CC2=O)n[nH]c1-c1cccs1. The van der Waals surface area contributed by atoms with Crippen molar-refractivity contribution in [2.75, 3.05) is 16.8 Å². The number of aromatic nitrogens is 2. The number of carbonyl (C=O) groups excluding carboxylic acids is 1. The van der Waals surface area contributed by atoms with Gasteiger partial charge in [0.25, 0.3) is 0 Å². The topological polar surface area (TPSA) is 49.0 Å². The molecule has 1 aliphatic rings. The summed E-state index contributed by atoms with van der Waals surface area (Å²) in [6, 6.07) is 4.07. The number of amides is 1. The summed E-state index contributed by atoms with van der Waals surface area (Å²) in [6.45, 7) is 2.77. The number of anilines is 1. The van der Waals surface area contributed by atoms with Gasteiger partial charge in [-0.1, -0.05) is 22.0 Å². The van der Waals surface area contributed by atoms with Crippen molar-refractivity contribution in [3.63, 3.8) is 0 Å². The molecule has 3 rings (SSSR count). The highest BCUT2D eigenvalue weighted by Gasteiger charge is 2.32. The Morgan fingerprint density at radius 2 is 2.47 bits per heavy atom. The molecule has 0 spiro atoms. The van der Waals surface area contributed by atoms with Gasteiger partial charge in [-0.05, 0) is 24.3 Å². The first kappa shape index (κ1) is 12.9. The second-order valence-electron chi connectivity index (χ2n) is 4.75. The largest absolute Gasteiger partial charge is 0.295 e. The molecule has 1 N–H and O–H groups in total. The number of rotatable bonds is 3. The minimum absolute atomic E-state index is 0.164. The zero-order chi connectivity index (χ0) is 13.4. The molecule has 1 atom stereocenters. The van der Waals surface area contributed by atoms with Gasteiger partial charge >= 0.3 is 0 Å². The zero-order valence-corrected chi connectivity index (χ0v) is 12.9. The van der Waals surface area contributed by atoms with Gasteiger partial charge in [0, 0.05) is 23.9 Å². The third kappa shape index (κ3) is 2.23. The molecule has 2 aromatic rings. The van der Waals surface area contributed by atoms with Gasteiger partial charge in [0.15, 0.2) is 5.82 Å². The molecule has 19 heavy (non-hydrogen) atoms. The Morgan fingerprint density at radius 1 is 1.63 bits per heavy atom. The van der Waals surface area contributed by atoms with Gasteiger partial charge in [0.05, 0.1) is 10.6 Å². The van der Waals surface area contributed by atoms with Crippen molar-refractivity contribution in [3.05, 3.63) is 23.1 Å². The summed E-state index contributed by atoms with van der Waals surface area (Å²) < 4.78 is 0. The summed E-state index contributed by atoms with van der Waals surface area (Å²) in [5.41, 5.74) is 2.06. The number of nitrogens with one attached hydrogen (secondary N) is 1. The number of thiophene rings is 1. The van der Waals surface area contributed by atoms with Crippen molar-refractivity contribution in [1.29, 1.82) is 0 Å². The van der Waals surface area contributed by atoms with E-state index in [1.165, 1.54) is 0 Å². The maximum atomic E-state index is 12.0. The molecular formula is C13H14BrN3OS. The third-order valence-electron chi connectivity index (χ3n) is 3.43. The van der Waals surface area contributed by atoms with E-state index in [9.17, 15) is 4.79 Å². The number of aromatic amines is 1. The number of carbonyl (C=O) groups is 1. The molecule has 3 heterocycles. The molecule has 1 unspecified atom stereocenters. The minimum Gasteiger partial charge on any atom is -0.295 e. The summed E-state index contributed by atoms with van der Waals surface area (Å²) in [6.07, 6.45) is 0.603.